The average molecular weight is 535 g/mol. The summed E-state index contributed by atoms with van der Waals surface area (Å²) in [6.07, 6.45) is -0.155. The van der Waals surface area contributed by atoms with Crippen LogP contribution in [-0.4, -0.2) is 63.1 Å². The quantitative estimate of drug-likeness (QED) is 0.309. The van der Waals surface area contributed by atoms with Crippen LogP contribution in [0.2, 0.25) is 0 Å². The number of amides is 2. The van der Waals surface area contributed by atoms with E-state index in [1.807, 2.05) is 0 Å². The molecule has 3 atom stereocenters. The third-order valence-electron chi connectivity index (χ3n) is 7.70. The maximum atomic E-state index is 13.6. The van der Waals surface area contributed by atoms with Crippen molar-refractivity contribution in [3.8, 4) is 16.9 Å². The number of phenols is 1. The molecule has 3 aliphatic carbocycles. The van der Waals surface area contributed by atoms with Crippen molar-refractivity contribution in [2.45, 2.75) is 24.9 Å². The fourth-order valence-electron chi connectivity index (χ4n) is 5.95. The van der Waals surface area contributed by atoms with Crippen LogP contribution in [-0.2, 0) is 30.3 Å². The number of aromatic hydroxyl groups is 1. The van der Waals surface area contributed by atoms with Gasteiger partial charge in [-0.05, 0) is 53.6 Å². The highest BCUT2D eigenvalue weighted by atomic mass is 16.5. The van der Waals surface area contributed by atoms with Gasteiger partial charge in [0, 0.05) is 30.7 Å². The van der Waals surface area contributed by atoms with Gasteiger partial charge in [0.25, 0.3) is 5.91 Å². The highest BCUT2D eigenvalue weighted by molar-refractivity contribution is 6.22. The van der Waals surface area contributed by atoms with Crippen LogP contribution in [0.1, 0.15) is 24.0 Å². The Morgan fingerprint density at radius 3 is 2.41 bits per heavy atom. The van der Waals surface area contributed by atoms with E-state index in [9.17, 15) is 39.6 Å². The molecule has 202 valence electrons. The zero-order chi connectivity index (χ0) is 28.2. The van der Waals surface area contributed by atoms with E-state index in [-0.39, 0.29) is 48.7 Å². The van der Waals surface area contributed by atoms with Crippen LogP contribution in [0.25, 0.3) is 16.9 Å². The second-order valence-electron chi connectivity index (χ2n) is 9.95. The van der Waals surface area contributed by atoms with Gasteiger partial charge in [-0.1, -0.05) is 18.2 Å². The van der Waals surface area contributed by atoms with Gasteiger partial charge in [0.15, 0.2) is 11.4 Å². The van der Waals surface area contributed by atoms with Gasteiger partial charge in [0.05, 0.1) is 5.56 Å². The topological polar surface area (TPSA) is 196 Å². The number of primary amides is 1. The first kappa shape index (κ1) is 26.1. The smallest absolute Gasteiger partial charge is 0.255 e. The van der Waals surface area contributed by atoms with E-state index < -0.39 is 52.0 Å². The average Bonchev–Trinajstić information content (AvgIpc) is 2.87. The molecule has 3 unspecified atom stereocenters. The van der Waals surface area contributed by atoms with Crippen LogP contribution in [0.3, 0.4) is 0 Å². The number of nitrogens with two attached hydrogens (primary N) is 1. The van der Waals surface area contributed by atoms with E-state index in [0.717, 1.165) is 0 Å². The molecule has 2 amide bonds. The number of methoxy groups -OCH3 is 1. The minimum Gasteiger partial charge on any atom is -0.508 e. The Morgan fingerprint density at radius 1 is 1.08 bits per heavy atom. The normalized spacial score (nSPS) is 24.2. The zero-order valence-electron chi connectivity index (χ0n) is 20.9. The number of benzene rings is 2. The molecule has 1 saturated carbocycles. The summed E-state index contributed by atoms with van der Waals surface area (Å²) >= 11 is 0. The molecule has 7 N–H and O–H groups in total. The van der Waals surface area contributed by atoms with Crippen LogP contribution >= 0.6 is 0 Å². The van der Waals surface area contributed by atoms with Gasteiger partial charge in [-0.15, -0.1) is 0 Å². The van der Waals surface area contributed by atoms with Crippen LogP contribution in [0.5, 0.6) is 5.75 Å². The number of ether oxygens (including phenoxy) is 1. The molecular formula is C28H26N2O9. The van der Waals surface area contributed by atoms with Gasteiger partial charge in [0.1, 0.15) is 29.4 Å². The number of hydrogen-bond donors (Lipinski definition) is 6. The molecular weight excluding hydrogens is 508 g/mol. The SMILES string of the molecule is COCC(=O)Nc1ccc(-c2ccc(O)c3c2CC2CC4CC(=O)C(C(N)=O)=C(O)C4(O)C(=O)C2=C3O)cc1. The molecule has 11 heteroatoms. The minimum absolute atomic E-state index is 0.0112. The standard InChI is InChI=1S/C28H26N2O9/c1-39-11-20(33)30-15-4-2-12(3-5-15)16-6-7-18(31)22-17(16)9-13-8-14-10-19(32)23(27(29)37)26(36)28(14,38)25(35)21(13)24(22)34/h2-7,13-14,31,34,36,38H,8-11H2,1H3,(H2,29,37)(H,30,33). The summed E-state index contributed by atoms with van der Waals surface area (Å²) in [6.45, 7) is -0.0968. The first-order chi connectivity index (χ1) is 18.5. The predicted molar refractivity (Wildman–Crippen MR) is 137 cm³/mol. The van der Waals surface area contributed by atoms with Crippen LogP contribution in [0, 0.1) is 11.8 Å². The Kier molecular flexibility index (Phi) is 6.28. The third-order valence-corrected chi connectivity index (χ3v) is 7.70. The summed E-state index contributed by atoms with van der Waals surface area (Å²) < 4.78 is 4.81. The number of aliphatic hydroxyl groups is 3. The number of Topliss-reactive ketones (excluding diaryl/α,β-unsaturated/α-hetero) is 2. The molecule has 2 aromatic carbocycles. The second kappa shape index (κ2) is 9.37. The van der Waals surface area contributed by atoms with Gasteiger partial charge in [-0.25, -0.2) is 0 Å². The predicted octanol–water partition coefficient (Wildman–Crippen LogP) is 1.68. The molecule has 11 nitrogen and oxygen atoms in total. The number of aliphatic hydroxyl groups excluding tert-OH is 2. The van der Waals surface area contributed by atoms with Gasteiger partial charge in [-0.3, -0.25) is 19.2 Å². The van der Waals surface area contributed by atoms with E-state index in [1.165, 1.54) is 13.2 Å². The molecule has 5 rings (SSSR count). The summed E-state index contributed by atoms with van der Waals surface area (Å²) in [7, 11) is 1.41. The number of hydrogen-bond acceptors (Lipinski definition) is 9. The Balaban J connectivity index is 1.58. The van der Waals surface area contributed by atoms with Gasteiger partial charge in [0.2, 0.25) is 11.7 Å². The van der Waals surface area contributed by atoms with Crippen molar-refractivity contribution < 1.29 is 44.3 Å². The first-order valence-electron chi connectivity index (χ1n) is 12.2. The molecule has 2 aromatic rings. The van der Waals surface area contributed by atoms with Crippen molar-refractivity contribution in [1.29, 1.82) is 0 Å². The molecule has 0 saturated heterocycles. The number of nitrogens with one attached hydrogen (secondary N) is 1. The summed E-state index contributed by atoms with van der Waals surface area (Å²) in [5.41, 5.74) is 4.06. The summed E-state index contributed by atoms with van der Waals surface area (Å²) in [4.78, 5) is 49.7. The molecule has 0 spiro atoms. The van der Waals surface area contributed by atoms with Crippen molar-refractivity contribution in [2.75, 3.05) is 19.0 Å². The zero-order valence-corrected chi connectivity index (χ0v) is 20.9. The van der Waals surface area contributed by atoms with Crippen molar-refractivity contribution >= 4 is 34.8 Å². The van der Waals surface area contributed by atoms with Crippen LogP contribution in [0.4, 0.5) is 5.69 Å². The summed E-state index contributed by atoms with van der Waals surface area (Å²) in [5.74, 6) is -7.03. The maximum absolute atomic E-state index is 13.6. The lowest BCUT2D eigenvalue weighted by atomic mass is 9.59. The lowest BCUT2D eigenvalue weighted by molar-refractivity contribution is -0.147. The molecule has 3 aliphatic rings. The van der Waals surface area contributed by atoms with E-state index in [1.54, 1.807) is 30.3 Å². The minimum atomic E-state index is -2.61. The van der Waals surface area contributed by atoms with E-state index in [4.69, 9.17) is 10.5 Å². The summed E-state index contributed by atoms with van der Waals surface area (Å²) in [5, 5.41) is 46.6. The molecule has 0 aromatic heterocycles. The number of fused-ring (bicyclic) bond motifs is 3. The first-order valence-corrected chi connectivity index (χ1v) is 12.2. The van der Waals surface area contributed by atoms with E-state index in [0.29, 0.717) is 22.4 Å². The largest absolute Gasteiger partial charge is 0.508 e. The monoisotopic (exact) mass is 534 g/mol. The number of anilines is 1. The highest BCUT2D eigenvalue weighted by Crippen LogP contribution is 2.53. The fourth-order valence-corrected chi connectivity index (χ4v) is 5.95. The molecule has 0 radical (unpaired) electrons. The van der Waals surface area contributed by atoms with Gasteiger partial charge < -0.3 is 36.2 Å². The Bertz CT molecular complexity index is 1510. The number of carbonyl (C=O) groups excluding carboxylic acids is 4. The fraction of sp³-hybridized carbons (Fsp3) is 0.286. The molecule has 39 heavy (non-hydrogen) atoms. The van der Waals surface area contributed by atoms with Gasteiger partial charge in [-0.2, -0.15) is 0 Å². The number of carbonyl (C=O) groups is 4. The molecule has 1 fully saturated rings. The molecule has 0 aliphatic heterocycles. The van der Waals surface area contributed by atoms with Crippen LogP contribution < -0.4 is 11.1 Å². The van der Waals surface area contributed by atoms with Crippen molar-refractivity contribution in [2.24, 2.45) is 17.6 Å². The van der Waals surface area contributed by atoms with Gasteiger partial charge >= 0.3 is 0 Å². The molecule has 0 heterocycles. The Labute approximate surface area is 222 Å². The van der Waals surface area contributed by atoms with Crippen molar-refractivity contribution in [3.63, 3.8) is 0 Å². The second-order valence-corrected chi connectivity index (χ2v) is 9.95. The Hall–Kier alpha value is -4.48. The van der Waals surface area contributed by atoms with Crippen molar-refractivity contribution in [1.82, 2.24) is 0 Å². The van der Waals surface area contributed by atoms with E-state index in [2.05, 4.69) is 5.32 Å². The number of ketones is 2. The maximum Gasteiger partial charge on any atom is 0.255 e. The van der Waals surface area contributed by atoms with E-state index >= 15 is 0 Å². The number of phenolic OH excluding ortho intramolecular Hbond substituents is 1. The Morgan fingerprint density at radius 2 is 1.77 bits per heavy atom. The number of rotatable bonds is 5. The summed E-state index contributed by atoms with van der Waals surface area (Å²) in [6, 6.07) is 9.93. The third kappa shape index (κ3) is 3.98. The lowest BCUT2D eigenvalue weighted by Crippen LogP contribution is -2.58. The lowest BCUT2D eigenvalue weighted by Gasteiger charge is -2.46. The highest BCUT2D eigenvalue weighted by Gasteiger charge is 2.60. The molecule has 0 bridgehead atoms. The van der Waals surface area contributed by atoms with Crippen molar-refractivity contribution in [3.05, 3.63) is 64.4 Å². The van der Waals surface area contributed by atoms with Crippen LogP contribution in [0.15, 0.2) is 53.3 Å².